The van der Waals surface area contributed by atoms with Gasteiger partial charge in [0.05, 0.1) is 6.54 Å². The molecule has 0 atom stereocenters. The maximum absolute atomic E-state index is 10.7. The van der Waals surface area contributed by atoms with Crippen molar-refractivity contribution in [2.75, 3.05) is 0 Å². The van der Waals surface area contributed by atoms with E-state index in [2.05, 4.69) is 6.58 Å². The van der Waals surface area contributed by atoms with Gasteiger partial charge in [0.15, 0.2) is 0 Å². The predicted octanol–water partition coefficient (Wildman–Crippen LogP) is -0.494. The molecule has 0 saturated heterocycles. The standard InChI is InChI=1S/C8H12N2O3S.H2O4S/c1-3-4-9-5-6-10(7-9)8(2)14(11,12)13;1-5(2,3)4/h5-7H,2-4H2,1H3;(H2,1,2,3,4). The van der Waals surface area contributed by atoms with Crippen LogP contribution in [0, 0.1) is 0 Å². The van der Waals surface area contributed by atoms with Crippen molar-refractivity contribution >= 4 is 25.5 Å². The van der Waals surface area contributed by atoms with E-state index in [4.69, 9.17) is 22.1 Å². The summed E-state index contributed by atoms with van der Waals surface area (Å²) in [6, 6.07) is 0. The Bertz CT molecular complexity index is 622. The SMILES string of the molecule is C=C([n+]1ccn(CCC)c1)S(=O)(=O)O.O=S(=O)([O-])O. The van der Waals surface area contributed by atoms with Crippen LogP contribution in [0.1, 0.15) is 13.3 Å². The van der Waals surface area contributed by atoms with Gasteiger partial charge in [-0.15, -0.1) is 0 Å². The third-order valence-corrected chi connectivity index (χ3v) is 2.57. The lowest BCUT2D eigenvalue weighted by Gasteiger charge is -1.94. The van der Waals surface area contributed by atoms with Crippen LogP contribution in [0.3, 0.4) is 0 Å². The number of hydrogen-bond donors (Lipinski definition) is 2. The highest BCUT2D eigenvalue weighted by molar-refractivity contribution is 7.94. The molecule has 0 aromatic carbocycles. The van der Waals surface area contributed by atoms with Crippen LogP contribution >= 0.6 is 0 Å². The van der Waals surface area contributed by atoms with Gasteiger partial charge in [0.25, 0.3) is 0 Å². The molecular weight excluding hydrogens is 300 g/mol. The molecule has 0 fully saturated rings. The van der Waals surface area contributed by atoms with E-state index in [-0.39, 0.29) is 5.03 Å². The van der Waals surface area contributed by atoms with Gasteiger partial charge < -0.3 is 4.55 Å². The molecule has 11 heteroatoms. The molecule has 0 aliphatic rings. The smallest absolute Gasteiger partial charge is 0.331 e. The van der Waals surface area contributed by atoms with Crippen LogP contribution in [-0.4, -0.2) is 35.1 Å². The van der Waals surface area contributed by atoms with E-state index in [0.717, 1.165) is 13.0 Å². The second kappa shape index (κ2) is 6.77. The first-order valence-electron chi connectivity index (χ1n) is 4.87. The summed E-state index contributed by atoms with van der Waals surface area (Å²) in [7, 11) is -9.12. The molecule has 1 aromatic heterocycles. The van der Waals surface area contributed by atoms with Crippen molar-refractivity contribution in [2.24, 2.45) is 0 Å². The molecule has 1 aromatic rings. The molecule has 9 nitrogen and oxygen atoms in total. The van der Waals surface area contributed by atoms with E-state index in [1.807, 2.05) is 11.5 Å². The highest BCUT2D eigenvalue weighted by Gasteiger charge is 2.18. The van der Waals surface area contributed by atoms with Gasteiger partial charge in [-0.3, -0.25) is 9.11 Å². The highest BCUT2D eigenvalue weighted by Crippen LogP contribution is 1.99. The minimum Gasteiger partial charge on any atom is -0.726 e. The first-order chi connectivity index (χ1) is 8.45. The lowest BCUT2D eigenvalue weighted by Crippen LogP contribution is -2.33. The number of hydrogen-bond acceptors (Lipinski definition) is 5. The third kappa shape index (κ3) is 8.45. The summed E-state index contributed by atoms with van der Waals surface area (Å²) < 4.78 is 66.1. The highest BCUT2D eigenvalue weighted by atomic mass is 32.3. The van der Waals surface area contributed by atoms with Crippen molar-refractivity contribution < 1.29 is 35.1 Å². The lowest BCUT2D eigenvalue weighted by atomic mass is 10.5. The largest absolute Gasteiger partial charge is 0.726 e. The van der Waals surface area contributed by atoms with E-state index in [1.165, 1.54) is 10.8 Å². The Morgan fingerprint density at radius 3 is 2.21 bits per heavy atom. The molecule has 2 N–H and O–H groups in total. The second-order valence-electron chi connectivity index (χ2n) is 3.36. The molecule has 0 radical (unpaired) electrons. The lowest BCUT2D eigenvalue weighted by molar-refractivity contribution is -0.573. The van der Waals surface area contributed by atoms with Crippen molar-refractivity contribution in [1.29, 1.82) is 0 Å². The summed E-state index contributed by atoms with van der Waals surface area (Å²) in [6.07, 6.45) is 5.78. The summed E-state index contributed by atoms with van der Waals surface area (Å²) in [5.74, 6) is 0. The van der Waals surface area contributed by atoms with Crippen molar-refractivity contribution in [3.05, 3.63) is 25.3 Å². The summed E-state index contributed by atoms with van der Waals surface area (Å²) in [4.78, 5) is 0. The Morgan fingerprint density at radius 1 is 1.37 bits per heavy atom. The molecule has 0 aliphatic carbocycles. The van der Waals surface area contributed by atoms with Crippen LogP contribution in [0.5, 0.6) is 0 Å². The first-order valence-corrected chi connectivity index (χ1v) is 7.67. The molecule has 1 rings (SSSR count). The fourth-order valence-electron chi connectivity index (χ4n) is 1.07. The van der Waals surface area contributed by atoms with E-state index >= 15 is 0 Å². The molecule has 19 heavy (non-hydrogen) atoms. The van der Waals surface area contributed by atoms with E-state index in [1.54, 1.807) is 12.5 Å². The van der Waals surface area contributed by atoms with Crippen LogP contribution < -0.4 is 4.57 Å². The van der Waals surface area contributed by atoms with Crippen molar-refractivity contribution in [3.63, 3.8) is 0 Å². The maximum Gasteiger partial charge on any atom is 0.331 e. The van der Waals surface area contributed by atoms with Gasteiger partial charge in [0.2, 0.25) is 21.8 Å². The van der Waals surface area contributed by atoms with Crippen LogP contribution in [0.4, 0.5) is 0 Å². The van der Waals surface area contributed by atoms with Gasteiger partial charge in [-0.25, -0.2) is 13.0 Å². The van der Waals surface area contributed by atoms with Crippen molar-refractivity contribution in [2.45, 2.75) is 19.9 Å². The molecule has 110 valence electrons. The Kier molecular flexibility index (Phi) is 6.32. The van der Waals surface area contributed by atoms with Crippen LogP contribution in [-0.2, 0) is 27.1 Å². The number of aryl methyl sites for hydroxylation is 1. The minimum absolute atomic E-state index is 0.340. The summed E-state index contributed by atoms with van der Waals surface area (Å²) in [5, 5.41) is -0.340. The molecule has 0 spiro atoms. The average molecular weight is 314 g/mol. The van der Waals surface area contributed by atoms with E-state index < -0.39 is 20.5 Å². The van der Waals surface area contributed by atoms with Gasteiger partial charge in [-0.1, -0.05) is 6.92 Å². The number of aromatic nitrogens is 2. The Balaban J connectivity index is 0.000000555. The molecule has 0 aliphatic heterocycles. The summed E-state index contributed by atoms with van der Waals surface area (Å²) >= 11 is 0. The van der Waals surface area contributed by atoms with Crippen LogP contribution in [0.15, 0.2) is 25.3 Å². The predicted molar refractivity (Wildman–Crippen MR) is 64.1 cm³/mol. The summed E-state index contributed by atoms with van der Waals surface area (Å²) in [5.41, 5.74) is 0. The molecule has 1 heterocycles. The Hall–Kier alpha value is -1.27. The molecule has 0 amide bonds. The average Bonchev–Trinajstić information content (AvgIpc) is 2.61. The fourth-order valence-corrected chi connectivity index (χ4v) is 1.44. The monoisotopic (exact) mass is 314 g/mol. The molecule has 0 saturated carbocycles. The molecular formula is C8H14N2O7S2. The fraction of sp³-hybridized carbons (Fsp3) is 0.375. The second-order valence-corrected chi connectivity index (χ2v) is 5.63. The van der Waals surface area contributed by atoms with Gasteiger partial charge in [0.1, 0.15) is 12.4 Å². The molecule has 0 bridgehead atoms. The van der Waals surface area contributed by atoms with Gasteiger partial charge in [-0.2, -0.15) is 13.0 Å². The Morgan fingerprint density at radius 2 is 1.84 bits per heavy atom. The third-order valence-electron chi connectivity index (χ3n) is 1.76. The molecule has 0 unspecified atom stereocenters. The minimum atomic E-state index is -4.92. The quantitative estimate of drug-likeness (QED) is 0.434. The normalized spacial score (nSPS) is 11.6. The van der Waals surface area contributed by atoms with Crippen molar-refractivity contribution in [3.8, 4) is 0 Å². The zero-order valence-electron chi connectivity index (χ0n) is 10.00. The van der Waals surface area contributed by atoms with E-state index in [0.29, 0.717) is 0 Å². The van der Waals surface area contributed by atoms with Gasteiger partial charge >= 0.3 is 10.1 Å². The van der Waals surface area contributed by atoms with Crippen LogP contribution in [0.25, 0.3) is 5.03 Å². The zero-order chi connectivity index (χ0) is 15.3. The zero-order valence-corrected chi connectivity index (χ0v) is 11.6. The van der Waals surface area contributed by atoms with Gasteiger partial charge in [0, 0.05) is 0 Å². The summed E-state index contributed by atoms with van der Waals surface area (Å²) in [6.45, 7) is 6.09. The van der Waals surface area contributed by atoms with Crippen molar-refractivity contribution in [1.82, 2.24) is 4.57 Å². The maximum atomic E-state index is 10.7. The number of rotatable bonds is 4. The van der Waals surface area contributed by atoms with Crippen LogP contribution in [0.2, 0.25) is 0 Å². The Labute approximate surface area is 111 Å². The number of nitrogens with zero attached hydrogens (tertiary/aromatic N) is 2. The topological polar surface area (TPSA) is 141 Å². The first kappa shape index (κ1) is 17.7. The van der Waals surface area contributed by atoms with E-state index in [9.17, 15) is 8.42 Å². The van der Waals surface area contributed by atoms with Gasteiger partial charge in [-0.05, 0) is 13.0 Å². The number of imidazole rings is 1.